The third-order valence-corrected chi connectivity index (χ3v) is 2.35. The standard InChI is InChI=1S/C11H13ClN2O/c1-3-8(7-13)14-9-4-5-11(15-2)10(12)6-9/h4-6,8,14H,3H2,1-2H3. The van der Waals surface area contributed by atoms with Gasteiger partial charge in [-0.1, -0.05) is 18.5 Å². The van der Waals surface area contributed by atoms with Crippen LogP contribution in [-0.4, -0.2) is 13.2 Å². The van der Waals surface area contributed by atoms with Crippen molar-refractivity contribution in [3.63, 3.8) is 0 Å². The number of methoxy groups -OCH3 is 1. The third-order valence-electron chi connectivity index (χ3n) is 2.06. The second-order valence-electron chi connectivity index (χ2n) is 3.08. The third kappa shape index (κ3) is 3.03. The summed E-state index contributed by atoms with van der Waals surface area (Å²) in [6, 6.07) is 7.34. The fraction of sp³-hybridized carbons (Fsp3) is 0.364. The fourth-order valence-corrected chi connectivity index (χ4v) is 1.44. The average Bonchev–Trinajstić information content (AvgIpc) is 2.26. The smallest absolute Gasteiger partial charge is 0.137 e. The lowest BCUT2D eigenvalue weighted by atomic mass is 10.2. The van der Waals surface area contributed by atoms with Crippen LogP contribution >= 0.6 is 11.6 Å². The highest BCUT2D eigenvalue weighted by Gasteiger charge is 2.06. The Morgan fingerprint density at radius 2 is 2.33 bits per heavy atom. The summed E-state index contributed by atoms with van der Waals surface area (Å²) in [6.07, 6.45) is 0.750. The molecule has 1 rings (SSSR count). The summed E-state index contributed by atoms with van der Waals surface area (Å²) in [7, 11) is 1.57. The van der Waals surface area contributed by atoms with Gasteiger partial charge in [-0.05, 0) is 24.6 Å². The number of anilines is 1. The first-order valence-corrected chi connectivity index (χ1v) is 5.08. The van der Waals surface area contributed by atoms with Gasteiger partial charge < -0.3 is 10.1 Å². The van der Waals surface area contributed by atoms with Crippen molar-refractivity contribution in [1.29, 1.82) is 5.26 Å². The molecule has 0 saturated heterocycles. The summed E-state index contributed by atoms with van der Waals surface area (Å²) in [6.45, 7) is 1.95. The lowest BCUT2D eigenvalue weighted by Gasteiger charge is -2.11. The van der Waals surface area contributed by atoms with E-state index in [4.69, 9.17) is 21.6 Å². The van der Waals surface area contributed by atoms with Gasteiger partial charge in [0.05, 0.1) is 18.2 Å². The topological polar surface area (TPSA) is 45.0 Å². The van der Waals surface area contributed by atoms with Gasteiger partial charge in [0.1, 0.15) is 11.8 Å². The molecular weight excluding hydrogens is 212 g/mol. The maximum absolute atomic E-state index is 8.79. The van der Waals surface area contributed by atoms with Crippen LogP contribution in [0, 0.1) is 11.3 Å². The van der Waals surface area contributed by atoms with Crippen molar-refractivity contribution in [1.82, 2.24) is 0 Å². The van der Waals surface area contributed by atoms with Gasteiger partial charge in [0, 0.05) is 5.69 Å². The average molecular weight is 225 g/mol. The molecule has 0 heterocycles. The molecule has 80 valence electrons. The molecule has 4 heteroatoms. The Kier molecular flexibility index (Phi) is 4.26. The minimum atomic E-state index is -0.186. The lowest BCUT2D eigenvalue weighted by Crippen LogP contribution is -2.15. The summed E-state index contributed by atoms with van der Waals surface area (Å²) >= 11 is 5.95. The zero-order valence-corrected chi connectivity index (χ0v) is 9.51. The minimum Gasteiger partial charge on any atom is -0.495 e. The van der Waals surface area contributed by atoms with Gasteiger partial charge in [-0.15, -0.1) is 0 Å². The van der Waals surface area contributed by atoms with Crippen molar-refractivity contribution in [2.45, 2.75) is 19.4 Å². The first-order valence-electron chi connectivity index (χ1n) is 4.71. The Bertz CT molecular complexity index is 373. The zero-order valence-electron chi connectivity index (χ0n) is 8.75. The van der Waals surface area contributed by atoms with E-state index in [1.807, 2.05) is 13.0 Å². The van der Waals surface area contributed by atoms with Gasteiger partial charge in [0.15, 0.2) is 0 Å². The predicted octanol–water partition coefficient (Wildman–Crippen LogP) is 3.06. The first-order chi connectivity index (χ1) is 7.21. The molecule has 1 N–H and O–H groups in total. The van der Waals surface area contributed by atoms with Gasteiger partial charge in [-0.3, -0.25) is 0 Å². The van der Waals surface area contributed by atoms with E-state index in [9.17, 15) is 0 Å². The second-order valence-corrected chi connectivity index (χ2v) is 3.49. The molecule has 1 atom stereocenters. The summed E-state index contributed by atoms with van der Waals surface area (Å²) in [5, 5.41) is 12.4. The van der Waals surface area contributed by atoms with E-state index < -0.39 is 0 Å². The molecule has 0 aromatic heterocycles. The molecule has 3 nitrogen and oxygen atoms in total. The van der Waals surface area contributed by atoms with E-state index in [0.29, 0.717) is 10.8 Å². The normalized spacial score (nSPS) is 11.6. The van der Waals surface area contributed by atoms with Crippen molar-refractivity contribution >= 4 is 17.3 Å². The van der Waals surface area contributed by atoms with Crippen LogP contribution in [0.3, 0.4) is 0 Å². The van der Waals surface area contributed by atoms with E-state index in [1.165, 1.54) is 0 Å². The highest BCUT2D eigenvalue weighted by atomic mass is 35.5. The Morgan fingerprint density at radius 1 is 1.60 bits per heavy atom. The van der Waals surface area contributed by atoms with Gasteiger partial charge >= 0.3 is 0 Å². The van der Waals surface area contributed by atoms with Crippen LogP contribution in [0.25, 0.3) is 0 Å². The number of benzene rings is 1. The van der Waals surface area contributed by atoms with Crippen LogP contribution in [0.1, 0.15) is 13.3 Å². The Hall–Kier alpha value is -1.40. The number of hydrogen-bond donors (Lipinski definition) is 1. The van der Waals surface area contributed by atoms with Crippen LogP contribution in [0.5, 0.6) is 5.75 Å². The second kappa shape index (κ2) is 5.47. The number of ether oxygens (including phenoxy) is 1. The first kappa shape index (κ1) is 11.7. The molecule has 0 aliphatic carbocycles. The maximum atomic E-state index is 8.79. The molecular formula is C11H13ClN2O. The van der Waals surface area contributed by atoms with Gasteiger partial charge in [-0.2, -0.15) is 5.26 Å². The van der Waals surface area contributed by atoms with Crippen molar-refractivity contribution in [2.75, 3.05) is 12.4 Å². The summed E-state index contributed by atoms with van der Waals surface area (Å²) in [5.74, 6) is 0.632. The van der Waals surface area contributed by atoms with Gasteiger partial charge in [-0.25, -0.2) is 0 Å². The van der Waals surface area contributed by atoms with Gasteiger partial charge in [0.2, 0.25) is 0 Å². The quantitative estimate of drug-likeness (QED) is 0.855. The van der Waals surface area contributed by atoms with Crippen molar-refractivity contribution in [3.05, 3.63) is 23.2 Å². The van der Waals surface area contributed by atoms with Crippen molar-refractivity contribution in [2.24, 2.45) is 0 Å². The maximum Gasteiger partial charge on any atom is 0.137 e. The molecule has 15 heavy (non-hydrogen) atoms. The largest absolute Gasteiger partial charge is 0.495 e. The Balaban J connectivity index is 2.80. The summed E-state index contributed by atoms with van der Waals surface area (Å²) in [4.78, 5) is 0. The number of nitriles is 1. The number of nitrogens with one attached hydrogen (secondary N) is 1. The number of hydrogen-bond acceptors (Lipinski definition) is 3. The van der Waals surface area contributed by atoms with Crippen molar-refractivity contribution in [3.8, 4) is 11.8 Å². The number of halogens is 1. The minimum absolute atomic E-state index is 0.186. The highest BCUT2D eigenvalue weighted by molar-refractivity contribution is 6.32. The molecule has 0 saturated carbocycles. The van der Waals surface area contributed by atoms with Crippen molar-refractivity contribution < 1.29 is 4.74 Å². The van der Waals surface area contributed by atoms with Gasteiger partial charge in [0.25, 0.3) is 0 Å². The van der Waals surface area contributed by atoms with E-state index in [0.717, 1.165) is 12.1 Å². The molecule has 1 aromatic rings. The Labute approximate surface area is 94.6 Å². The van der Waals surface area contributed by atoms with E-state index >= 15 is 0 Å². The van der Waals surface area contributed by atoms with Crippen LogP contribution in [0.4, 0.5) is 5.69 Å². The van der Waals surface area contributed by atoms with E-state index in [-0.39, 0.29) is 6.04 Å². The predicted molar refractivity (Wildman–Crippen MR) is 61.3 cm³/mol. The molecule has 1 aromatic carbocycles. The fourth-order valence-electron chi connectivity index (χ4n) is 1.18. The summed E-state index contributed by atoms with van der Waals surface area (Å²) in [5.41, 5.74) is 0.828. The number of rotatable bonds is 4. The van der Waals surface area contributed by atoms with E-state index in [2.05, 4.69) is 11.4 Å². The van der Waals surface area contributed by atoms with Crippen LogP contribution in [-0.2, 0) is 0 Å². The molecule has 0 bridgehead atoms. The molecule has 0 amide bonds. The molecule has 0 aliphatic rings. The van der Waals surface area contributed by atoms with E-state index in [1.54, 1.807) is 19.2 Å². The molecule has 0 fully saturated rings. The monoisotopic (exact) mass is 224 g/mol. The molecule has 0 aliphatic heterocycles. The SMILES string of the molecule is CCC(C#N)Nc1ccc(OC)c(Cl)c1. The summed E-state index contributed by atoms with van der Waals surface area (Å²) < 4.78 is 5.03. The molecule has 0 spiro atoms. The Morgan fingerprint density at radius 3 is 2.80 bits per heavy atom. The van der Waals surface area contributed by atoms with Crippen LogP contribution < -0.4 is 10.1 Å². The zero-order chi connectivity index (χ0) is 11.3. The van der Waals surface area contributed by atoms with Crippen LogP contribution in [0.2, 0.25) is 5.02 Å². The number of nitrogens with zero attached hydrogens (tertiary/aromatic N) is 1. The molecule has 0 radical (unpaired) electrons. The molecule has 1 unspecified atom stereocenters. The highest BCUT2D eigenvalue weighted by Crippen LogP contribution is 2.27. The lowest BCUT2D eigenvalue weighted by molar-refractivity contribution is 0.415. The van der Waals surface area contributed by atoms with Crippen LogP contribution in [0.15, 0.2) is 18.2 Å².